The summed E-state index contributed by atoms with van der Waals surface area (Å²) >= 11 is 0. The Hall–Kier alpha value is -2.14. The Bertz CT molecular complexity index is 646. The van der Waals surface area contributed by atoms with Crippen molar-refractivity contribution in [2.45, 2.75) is 33.3 Å². The Morgan fingerprint density at radius 3 is 2.57 bits per heavy atom. The summed E-state index contributed by atoms with van der Waals surface area (Å²) in [4.78, 5) is 0. The van der Waals surface area contributed by atoms with Crippen LogP contribution in [0.4, 0.5) is 14.5 Å². The van der Waals surface area contributed by atoms with E-state index >= 15 is 0 Å². The molecule has 0 radical (unpaired) electrons. The quantitative estimate of drug-likeness (QED) is 0.634. The first-order valence-corrected chi connectivity index (χ1v) is 7.54. The Kier molecular flexibility index (Phi) is 5.55. The molecule has 2 N–H and O–H groups in total. The zero-order chi connectivity index (χ0) is 17.0. The molecule has 0 aliphatic carbocycles. The second kappa shape index (κ2) is 7.42. The Morgan fingerprint density at radius 2 is 1.96 bits per heavy atom. The van der Waals surface area contributed by atoms with Gasteiger partial charge < -0.3 is 9.75 Å². The minimum atomic E-state index is -2.57. The lowest BCUT2D eigenvalue weighted by molar-refractivity contribution is 0.148. The normalized spacial score (nSPS) is 10.9. The average molecular weight is 320 g/mol. The van der Waals surface area contributed by atoms with Crippen molar-refractivity contribution in [1.82, 2.24) is 0 Å². The summed E-state index contributed by atoms with van der Waals surface area (Å²) in [7, 11) is 1.62. The van der Waals surface area contributed by atoms with E-state index in [-0.39, 0.29) is 12.2 Å². The zero-order valence-corrected chi connectivity index (χ0v) is 13.6. The Labute approximate surface area is 135 Å². The maximum atomic E-state index is 13.3. The molecule has 0 saturated heterocycles. The van der Waals surface area contributed by atoms with Crippen molar-refractivity contribution in [1.29, 1.82) is 0 Å². The fourth-order valence-electron chi connectivity index (χ4n) is 2.56. The highest BCUT2D eigenvalue weighted by atomic mass is 19.3. The third kappa shape index (κ3) is 3.99. The summed E-state index contributed by atoms with van der Waals surface area (Å²) in [5.74, 6) is 6.48. The van der Waals surface area contributed by atoms with Crippen molar-refractivity contribution in [2.24, 2.45) is 5.84 Å². The number of nitrogens with two attached hydrogens (primary N) is 1. The van der Waals surface area contributed by atoms with Crippen LogP contribution in [0.25, 0.3) is 0 Å². The summed E-state index contributed by atoms with van der Waals surface area (Å²) in [5.41, 5.74) is 3.10. The van der Waals surface area contributed by atoms with Gasteiger partial charge in [0.25, 0.3) is 6.43 Å². The molecule has 23 heavy (non-hydrogen) atoms. The van der Waals surface area contributed by atoms with Crippen molar-refractivity contribution in [2.75, 3.05) is 12.1 Å². The molecule has 2 rings (SSSR count). The van der Waals surface area contributed by atoms with Gasteiger partial charge in [-0.05, 0) is 31.0 Å². The van der Waals surface area contributed by atoms with E-state index in [0.717, 1.165) is 17.5 Å². The highest BCUT2D eigenvalue weighted by Crippen LogP contribution is 2.31. The van der Waals surface area contributed by atoms with Gasteiger partial charge in [0, 0.05) is 18.2 Å². The number of rotatable bonds is 6. The van der Waals surface area contributed by atoms with Gasteiger partial charge >= 0.3 is 0 Å². The largest absolute Gasteiger partial charge is 0.489 e. The number of nitrogens with zero attached hydrogens (tertiary/aromatic N) is 1. The van der Waals surface area contributed by atoms with E-state index in [4.69, 9.17) is 10.6 Å². The molecule has 0 spiro atoms. The molecule has 5 heteroatoms. The van der Waals surface area contributed by atoms with Gasteiger partial charge in [-0.3, -0.25) is 0 Å². The molecule has 0 aliphatic heterocycles. The van der Waals surface area contributed by atoms with Crippen molar-refractivity contribution in [3.8, 4) is 5.75 Å². The Morgan fingerprint density at radius 1 is 1.22 bits per heavy atom. The van der Waals surface area contributed by atoms with Gasteiger partial charge in [-0.15, -0.1) is 0 Å². The molecular formula is C18H22F2N2O. The lowest BCUT2D eigenvalue weighted by Gasteiger charge is -2.21. The van der Waals surface area contributed by atoms with Crippen LogP contribution < -0.4 is 15.6 Å². The minimum absolute atomic E-state index is 0.0491. The van der Waals surface area contributed by atoms with Gasteiger partial charge in [0.05, 0.1) is 5.69 Å². The number of hydrazine groups is 1. The van der Waals surface area contributed by atoms with Crippen LogP contribution in [-0.4, -0.2) is 7.05 Å². The standard InChI is InChI=1S/C18H22F2N2O/c1-4-13-10-12(2)8-9-17(13)23-11-15-14(18(19)20)6-5-7-16(15)22(3)21/h5-10,18H,4,11,21H2,1-3H3. The van der Waals surface area contributed by atoms with Crippen LogP contribution in [0.2, 0.25) is 0 Å². The predicted octanol–water partition coefficient (Wildman–Crippen LogP) is 4.38. The molecule has 0 atom stereocenters. The number of ether oxygens (including phenoxy) is 1. The van der Waals surface area contributed by atoms with Crippen LogP contribution >= 0.6 is 0 Å². The lowest BCUT2D eigenvalue weighted by atomic mass is 10.1. The number of hydrogen-bond acceptors (Lipinski definition) is 3. The summed E-state index contributed by atoms with van der Waals surface area (Å²) in [6.45, 7) is 4.10. The molecule has 124 valence electrons. The van der Waals surface area contributed by atoms with E-state index in [1.54, 1.807) is 19.2 Å². The summed E-state index contributed by atoms with van der Waals surface area (Å²) in [6.07, 6.45) is -1.76. The molecule has 0 fully saturated rings. The summed E-state index contributed by atoms with van der Waals surface area (Å²) in [6, 6.07) is 10.6. The van der Waals surface area contributed by atoms with Crippen molar-refractivity contribution >= 4 is 5.69 Å². The fraction of sp³-hybridized carbons (Fsp3) is 0.333. The number of hydrogen-bond donors (Lipinski definition) is 1. The van der Waals surface area contributed by atoms with E-state index in [0.29, 0.717) is 17.0 Å². The van der Waals surface area contributed by atoms with Gasteiger partial charge in [0.15, 0.2) is 0 Å². The van der Waals surface area contributed by atoms with Gasteiger partial charge in [-0.25, -0.2) is 14.6 Å². The van der Waals surface area contributed by atoms with Crippen LogP contribution in [0.1, 0.15) is 35.6 Å². The number of alkyl halides is 2. The number of benzene rings is 2. The monoisotopic (exact) mass is 320 g/mol. The lowest BCUT2D eigenvalue weighted by Crippen LogP contribution is -2.27. The molecule has 0 unspecified atom stereocenters. The predicted molar refractivity (Wildman–Crippen MR) is 88.9 cm³/mol. The molecular weight excluding hydrogens is 298 g/mol. The first-order valence-electron chi connectivity index (χ1n) is 7.54. The van der Waals surface area contributed by atoms with E-state index < -0.39 is 6.43 Å². The molecule has 0 amide bonds. The molecule has 0 saturated carbocycles. The maximum Gasteiger partial charge on any atom is 0.264 e. The van der Waals surface area contributed by atoms with E-state index in [9.17, 15) is 8.78 Å². The first-order chi connectivity index (χ1) is 10.9. The Balaban J connectivity index is 2.33. The molecule has 2 aromatic rings. The minimum Gasteiger partial charge on any atom is -0.489 e. The molecule has 0 aliphatic rings. The third-order valence-electron chi connectivity index (χ3n) is 3.77. The smallest absolute Gasteiger partial charge is 0.264 e. The van der Waals surface area contributed by atoms with Crippen molar-refractivity contribution in [3.05, 3.63) is 58.7 Å². The second-order valence-corrected chi connectivity index (χ2v) is 5.51. The second-order valence-electron chi connectivity index (χ2n) is 5.51. The van der Waals surface area contributed by atoms with Gasteiger partial charge in [0.1, 0.15) is 12.4 Å². The zero-order valence-electron chi connectivity index (χ0n) is 13.6. The summed E-state index contributed by atoms with van der Waals surface area (Å²) in [5, 5.41) is 1.33. The number of halogens is 2. The summed E-state index contributed by atoms with van der Waals surface area (Å²) < 4.78 is 32.4. The van der Waals surface area contributed by atoms with E-state index in [2.05, 4.69) is 0 Å². The van der Waals surface area contributed by atoms with Crippen LogP contribution in [0.15, 0.2) is 36.4 Å². The van der Waals surface area contributed by atoms with E-state index in [1.807, 2.05) is 32.0 Å². The van der Waals surface area contributed by atoms with E-state index in [1.165, 1.54) is 11.1 Å². The topological polar surface area (TPSA) is 38.5 Å². The van der Waals surface area contributed by atoms with Crippen LogP contribution in [-0.2, 0) is 13.0 Å². The molecule has 0 aromatic heterocycles. The van der Waals surface area contributed by atoms with Crippen LogP contribution in [0, 0.1) is 6.92 Å². The molecule has 3 nitrogen and oxygen atoms in total. The van der Waals surface area contributed by atoms with Crippen molar-refractivity contribution in [3.63, 3.8) is 0 Å². The maximum absolute atomic E-state index is 13.3. The SMILES string of the molecule is CCc1cc(C)ccc1OCc1c(C(F)F)cccc1N(C)N. The van der Waals surface area contributed by atoms with Crippen LogP contribution in [0.5, 0.6) is 5.75 Å². The highest BCUT2D eigenvalue weighted by Gasteiger charge is 2.18. The molecule has 0 bridgehead atoms. The molecule has 2 aromatic carbocycles. The number of aryl methyl sites for hydroxylation is 2. The first kappa shape index (κ1) is 17.2. The van der Waals surface area contributed by atoms with Crippen molar-refractivity contribution < 1.29 is 13.5 Å². The fourth-order valence-corrected chi connectivity index (χ4v) is 2.56. The van der Waals surface area contributed by atoms with Gasteiger partial charge in [-0.1, -0.05) is 36.8 Å². The molecule has 0 heterocycles. The van der Waals surface area contributed by atoms with Crippen LogP contribution in [0.3, 0.4) is 0 Å². The van der Waals surface area contributed by atoms with Gasteiger partial charge in [-0.2, -0.15) is 0 Å². The average Bonchev–Trinajstić information content (AvgIpc) is 2.52. The van der Waals surface area contributed by atoms with Gasteiger partial charge in [0.2, 0.25) is 0 Å². The number of anilines is 1. The third-order valence-corrected chi connectivity index (χ3v) is 3.77. The highest BCUT2D eigenvalue weighted by molar-refractivity contribution is 5.55.